The zero-order chi connectivity index (χ0) is 28.1. The van der Waals surface area contributed by atoms with Gasteiger partial charge in [-0.05, 0) is 110 Å². The fourth-order valence-electron chi connectivity index (χ4n) is 6.80. The maximum absolute atomic E-state index is 15.3. The van der Waals surface area contributed by atoms with Gasteiger partial charge in [-0.15, -0.1) is 0 Å². The Morgan fingerprint density at radius 1 is 0.725 bits per heavy atom. The van der Waals surface area contributed by atoms with Crippen LogP contribution in [0.2, 0.25) is 0 Å². The molecule has 2 aliphatic carbocycles. The number of hydrogen-bond acceptors (Lipinski definition) is 1. The minimum atomic E-state index is -0.994. The quantitative estimate of drug-likeness (QED) is 0.202. The first kappa shape index (κ1) is 28.5. The van der Waals surface area contributed by atoms with Crippen molar-refractivity contribution in [2.75, 3.05) is 6.61 Å². The molecule has 0 atom stereocenters. The van der Waals surface area contributed by atoms with Gasteiger partial charge in [-0.2, -0.15) is 4.39 Å². The lowest BCUT2D eigenvalue weighted by atomic mass is 9.68. The second kappa shape index (κ2) is 13.1. The Labute approximate surface area is 237 Å². The predicted octanol–water partition coefficient (Wildman–Crippen LogP) is 10.9. The van der Waals surface area contributed by atoms with E-state index in [0.717, 1.165) is 36.2 Å². The van der Waals surface area contributed by atoms with Crippen molar-refractivity contribution in [3.63, 3.8) is 0 Å². The van der Waals surface area contributed by atoms with Crippen molar-refractivity contribution in [1.29, 1.82) is 0 Å². The molecule has 0 heterocycles. The van der Waals surface area contributed by atoms with Gasteiger partial charge in [-0.1, -0.05) is 68.3 Å². The van der Waals surface area contributed by atoms with E-state index < -0.39 is 11.6 Å². The standard InChI is InChI=1S/C36H41F3O/c1-3-4-5-22-40-34-21-20-32(35(38)36(34)39)29-16-14-28(15-17-29)31-19-18-30(23-33(31)37)27-12-10-26(11-13-27)25-8-6-24(2)7-9-25/h3-4,14-21,23-27H,5-13,22H2,1-2H3/b4-3-. The van der Waals surface area contributed by atoms with Crippen molar-refractivity contribution >= 4 is 0 Å². The van der Waals surface area contributed by atoms with Crippen molar-refractivity contribution in [1.82, 2.24) is 0 Å². The Kier molecular flexibility index (Phi) is 9.34. The summed E-state index contributed by atoms with van der Waals surface area (Å²) in [5, 5.41) is 0. The molecule has 3 aromatic rings. The summed E-state index contributed by atoms with van der Waals surface area (Å²) < 4.78 is 50.1. The van der Waals surface area contributed by atoms with E-state index in [9.17, 15) is 8.78 Å². The molecule has 2 saturated carbocycles. The van der Waals surface area contributed by atoms with Crippen LogP contribution >= 0.6 is 0 Å². The van der Waals surface area contributed by atoms with E-state index >= 15 is 4.39 Å². The van der Waals surface area contributed by atoms with Gasteiger partial charge in [0.1, 0.15) is 5.82 Å². The maximum atomic E-state index is 15.3. The van der Waals surface area contributed by atoms with Crippen LogP contribution in [0, 0.1) is 35.2 Å². The molecule has 0 aromatic heterocycles. The van der Waals surface area contributed by atoms with Crippen LogP contribution in [0.25, 0.3) is 22.3 Å². The fraction of sp³-hybridized carbons (Fsp3) is 0.444. The van der Waals surface area contributed by atoms with Gasteiger partial charge >= 0.3 is 0 Å². The molecule has 0 N–H and O–H groups in total. The van der Waals surface area contributed by atoms with E-state index in [-0.39, 0.29) is 23.7 Å². The number of benzene rings is 3. The molecule has 2 fully saturated rings. The van der Waals surface area contributed by atoms with E-state index in [0.29, 0.717) is 29.0 Å². The van der Waals surface area contributed by atoms with Crippen molar-refractivity contribution in [2.45, 2.75) is 77.6 Å². The Morgan fingerprint density at radius 3 is 1.95 bits per heavy atom. The summed E-state index contributed by atoms with van der Waals surface area (Å²) in [7, 11) is 0. The lowest BCUT2D eigenvalue weighted by Gasteiger charge is -2.37. The molecule has 0 saturated heterocycles. The smallest absolute Gasteiger partial charge is 0.201 e. The Hall–Kier alpha value is -3.01. The first-order valence-electron chi connectivity index (χ1n) is 15.1. The van der Waals surface area contributed by atoms with Gasteiger partial charge in [0.05, 0.1) is 6.61 Å². The monoisotopic (exact) mass is 546 g/mol. The number of ether oxygens (including phenoxy) is 1. The summed E-state index contributed by atoms with van der Waals surface area (Å²) >= 11 is 0. The van der Waals surface area contributed by atoms with Gasteiger partial charge in [0.25, 0.3) is 0 Å². The van der Waals surface area contributed by atoms with E-state index in [4.69, 9.17) is 4.74 Å². The molecule has 2 aliphatic rings. The molecule has 0 spiro atoms. The molecule has 40 heavy (non-hydrogen) atoms. The van der Waals surface area contributed by atoms with E-state index in [1.807, 2.05) is 25.1 Å². The average Bonchev–Trinajstić information content (AvgIpc) is 2.98. The molecule has 3 aromatic carbocycles. The molecule has 0 bridgehead atoms. The summed E-state index contributed by atoms with van der Waals surface area (Å²) in [4.78, 5) is 0. The fourth-order valence-corrected chi connectivity index (χ4v) is 6.80. The lowest BCUT2D eigenvalue weighted by Crippen LogP contribution is -2.24. The summed E-state index contributed by atoms with van der Waals surface area (Å²) in [6.07, 6.45) is 14.8. The van der Waals surface area contributed by atoms with Crippen molar-refractivity contribution in [3.05, 3.63) is 89.8 Å². The van der Waals surface area contributed by atoms with Gasteiger partial charge in [0.2, 0.25) is 5.82 Å². The van der Waals surface area contributed by atoms with Crippen LogP contribution in [0.3, 0.4) is 0 Å². The minimum Gasteiger partial charge on any atom is -0.490 e. The highest BCUT2D eigenvalue weighted by molar-refractivity contribution is 5.71. The number of halogens is 3. The second-order valence-corrected chi connectivity index (χ2v) is 11.9. The van der Waals surface area contributed by atoms with Crippen LogP contribution in [-0.2, 0) is 0 Å². The highest BCUT2D eigenvalue weighted by Crippen LogP contribution is 2.44. The molecule has 0 amide bonds. The second-order valence-electron chi connectivity index (χ2n) is 11.9. The van der Waals surface area contributed by atoms with Gasteiger partial charge < -0.3 is 4.74 Å². The van der Waals surface area contributed by atoms with Crippen LogP contribution in [-0.4, -0.2) is 6.61 Å². The molecule has 5 rings (SSSR count). The predicted molar refractivity (Wildman–Crippen MR) is 158 cm³/mol. The summed E-state index contributed by atoms with van der Waals surface area (Å²) in [5.74, 6) is 0.787. The van der Waals surface area contributed by atoms with E-state index in [1.54, 1.807) is 30.3 Å². The Morgan fingerprint density at radius 2 is 1.32 bits per heavy atom. The SMILES string of the molecule is C/C=C\CCOc1ccc(-c2ccc(-c3ccc(C4CCC(C5CCC(C)CC5)CC4)cc3F)cc2)c(F)c1F. The number of allylic oxidation sites excluding steroid dienone is 1. The highest BCUT2D eigenvalue weighted by Gasteiger charge is 2.30. The van der Waals surface area contributed by atoms with Crippen molar-refractivity contribution in [2.24, 2.45) is 17.8 Å². The van der Waals surface area contributed by atoms with Crippen molar-refractivity contribution < 1.29 is 17.9 Å². The largest absolute Gasteiger partial charge is 0.490 e. The third kappa shape index (κ3) is 6.48. The number of hydrogen-bond donors (Lipinski definition) is 0. The van der Waals surface area contributed by atoms with Gasteiger partial charge in [-0.25, -0.2) is 8.78 Å². The lowest BCUT2D eigenvalue weighted by molar-refractivity contribution is 0.165. The first-order chi connectivity index (χ1) is 19.4. The summed E-state index contributed by atoms with van der Waals surface area (Å²) in [5.41, 5.74) is 3.02. The highest BCUT2D eigenvalue weighted by atomic mass is 19.2. The molecular formula is C36H41F3O. The van der Waals surface area contributed by atoms with Gasteiger partial charge in [0, 0.05) is 11.1 Å². The van der Waals surface area contributed by atoms with Crippen LogP contribution in [0.1, 0.15) is 83.1 Å². The molecule has 1 nitrogen and oxygen atoms in total. The van der Waals surface area contributed by atoms with E-state index in [2.05, 4.69) is 13.0 Å². The third-order valence-electron chi connectivity index (χ3n) is 9.30. The van der Waals surface area contributed by atoms with Gasteiger partial charge in [0.15, 0.2) is 11.6 Å². The Balaban J connectivity index is 1.23. The van der Waals surface area contributed by atoms with E-state index in [1.165, 1.54) is 50.7 Å². The van der Waals surface area contributed by atoms with Crippen LogP contribution < -0.4 is 4.74 Å². The average molecular weight is 547 g/mol. The zero-order valence-corrected chi connectivity index (χ0v) is 23.8. The molecule has 4 heteroatoms. The third-order valence-corrected chi connectivity index (χ3v) is 9.30. The Bertz CT molecular complexity index is 1300. The number of rotatable bonds is 8. The zero-order valence-electron chi connectivity index (χ0n) is 23.8. The van der Waals surface area contributed by atoms with Crippen LogP contribution in [0.5, 0.6) is 5.75 Å². The summed E-state index contributed by atoms with van der Waals surface area (Å²) in [6, 6.07) is 15.6. The maximum Gasteiger partial charge on any atom is 0.201 e. The molecule has 0 aliphatic heterocycles. The van der Waals surface area contributed by atoms with Crippen LogP contribution in [0.15, 0.2) is 66.7 Å². The molecule has 0 radical (unpaired) electrons. The summed E-state index contributed by atoms with van der Waals surface area (Å²) in [6.45, 7) is 4.55. The molecule has 0 unspecified atom stereocenters. The normalized spacial score (nSPS) is 23.4. The topological polar surface area (TPSA) is 9.23 Å². The minimum absolute atomic E-state index is 0.0957. The first-order valence-corrected chi connectivity index (χ1v) is 15.1. The van der Waals surface area contributed by atoms with Crippen molar-refractivity contribution in [3.8, 4) is 28.0 Å². The molecule has 212 valence electrons. The van der Waals surface area contributed by atoms with Crippen LogP contribution in [0.4, 0.5) is 13.2 Å². The molecular weight excluding hydrogens is 505 g/mol. The van der Waals surface area contributed by atoms with Gasteiger partial charge in [-0.3, -0.25) is 0 Å².